The number of benzene rings is 5. The van der Waals surface area contributed by atoms with Gasteiger partial charge in [0.05, 0.1) is 0 Å². The van der Waals surface area contributed by atoms with Crippen LogP contribution in [0.2, 0.25) is 0 Å². The molecule has 1 aromatic heterocycles. The van der Waals surface area contributed by atoms with E-state index in [9.17, 15) is 0 Å². The van der Waals surface area contributed by atoms with Crippen LogP contribution >= 0.6 is 27.3 Å². The third-order valence-corrected chi connectivity index (χ3v) is 7.22. The van der Waals surface area contributed by atoms with Gasteiger partial charge in [0, 0.05) is 35.4 Å². The number of hydrogen-bond donors (Lipinski definition) is 0. The highest BCUT2D eigenvalue weighted by molar-refractivity contribution is 9.10. The lowest BCUT2D eigenvalue weighted by Gasteiger charge is -2.07. The highest BCUT2D eigenvalue weighted by Crippen LogP contribution is 2.46. The first kappa shape index (κ1) is 14.7. The van der Waals surface area contributed by atoms with Gasteiger partial charge in [-0.25, -0.2) is 0 Å². The van der Waals surface area contributed by atoms with Crippen molar-refractivity contribution in [2.45, 2.75) is 0 Å². The Balaban J connectivity index is 2.01. The summed E-state index contributed by atoms with van der Waals surface area (Å²) in [6.45, 7) is 0. The van der Waals surface area contributed by atoms with Crippen LogP contribution < -0.4 is 0 Å². The molecular formula is C24H13BrS. The SMILES string of the molecule is Brc1cccc2ccc3c(sc4c5ccccc5c5ccccc5c34)c12. The molecule has 6 aromatic rings. The third kappa shape index (κ3) is 1.83. The number of hydrogen-bond acceptors (Lipinski definition) is 1. The topological polar surface area (TPSA) is 0 Å². The molecule has 0 N–H and O–H groups in total. The lowest BCUT2D eigenvalue weighted by Crippen LogP contribution is -1.79. The summed E-state index contributed by atoms with van der Waals surface area (Å²) in [4.78, 5) is 0. The molecular weight excluding hydrogens is 400 g/mol. The van der Waals surface area contributed by atoms with Gasteiger partial charge in [0.2, 0.25) is 0 Å². The molecule has 26 heavy (non-hydrogen) atoms. The standard InChI is InChI=1S/C24H13BrS/c25-20-11-5-6-14-12-13-19-22-17-9-3-1-7-15(17)16-8-2-4-10-18(16)23(22)26-24(19)21(14)20/h1-13H. The molecule has 0 amide bonds. The fourth-order valence-corrected chi connectivity index (χ4v) is 6.33. The zero-order chi connectivity index (χ0) is 17.3. The predicted molar refractivity (Wildman–Crippen MR) is 120 cm³/mol. The van der Waals surface area contributed by atoms with Crippen molar-refractivity contribution in [1.29, 1.82) is 0 Å². The minimum Gasteiger partial charge on any atom is -0.134 e. The first-order chi connectivity index (χ1) is 12.8. The van der Waals surface area contributed by atoms with Crippen molar-refractivity contribution in [2.75, 3.05) is 0 Å². The maximum atomic E-state index is 3.78. The van der Waals surface area contributed by atoms with Crippen LogP contribution in [0.15, 0.2) is 83.3 Å². The van der Waals surface area contributed by atoms with Crippen LogP contribution in [0.5, 0.6) is 0 Å². The van der Waals surface area contributed by atoms with Gasteiger partial charge in [-0.1, -0.05) is 88.7 Å². The molecule has 0 bridgehead atoms. The van der Waals surface area contributed by atoms with E-state index in [1.807, 2.05) is 11.3 Å². The van der Waals surface area contributed by atoms with Crippen molar-refractivity contribution >= 4 is 79.8 Å². The zero-order valence-corrected chi connectivity index (χ0v) is 16.2. The van der Waals surface area contributed by atoms with Gasteiger partial charge in [-0.2, -0.15) is 0 Å². The Bertz CT molecular complexity index is 1490. The maximum absolute atomic E-state index is 3.78. The molecule has 0 saturated carbocycles. The summed E-state index contributed by atoms with van der Waals surface area (Å²) < 4.78 is 3.92. The van der Waals surface area contributed by atoms with E-state index in [1.54, 1.807) is 0 Å². The second-order valence-corrected chi connectivity index (χ2v) is 8.55. The molecule has 0 nitrogen and oxygen atoms in total. The summed E-state index contributed by atoms with van der Waals surface area (Å²) >= 11 is 5.70. The van der Waals surface area contributed by atoms with Crippen LogP contribution in [0.1, 0.15) is 0 Å². The highest BCUT2D eigenvalue weighted by atomic mass is 79.9. The van der Waals surface area contributed by atoms with E-state index < -0.39 is 0 Å². The predicted octanol–water partition coefficient (Wildman–Crippen LogP) is 8.28. The molecule has 0 aliphatic carbocycles. The zero-order valence-electron chi connectivity index (χ0n) is 13.8. The van der Waals surface area contributed by atoms with Crippen LogP contribution in [0.3, 0.4) is 0 Å². The summed E-state index contributed by atoms with van der Waals surface area (Å²) in [5, 5.41) is 10.7. The van der Waals surface area contributed by atoms with E-state index in [4.69, 9.17) is 0 Å². The Kier molecular flexibility index (Phi) is 3.00. The first-order valence-corrected chi connectivity index (χ1v) is 10.3. The fraction of sp³-hybridized carbons (Fsp3) is 0. The normalized spacial score (nSPS) is 12.0. The minimum atomic E-state index is 1.17. The van der Waals surface area contributed by atoms with Crippen LogP contribution in [-0.4, -0.2) is 0 Å². The molecule has 0 radical (unpaired) electrons. The van der Waals surface area contributed by atoms with E-state index in [0.29, 0.717) is 0 Å². The van der Waals surface area contributed by atoms with Gasteiger partial charge < -0.3 is 0 Å². The number of thiophene rings is 1. The molecule has 0 spiro atoms. The lowest BCUT2D eigenvalue weighted by molar-refractivity contribution is 1.76. The number of halogens is 1. The molecule has 122 valence electrons. The Morgan fingerprint density at radius 1 is 0.500 bits per heavy atom. The van der Waals surface area contributed by atoms with Crippen molar-refractivity contribution in [1.82, 2.24) is 0 Å². The quantitative estimate of drug-likeness (QED) is 0.220. The van der Waals surface area contributed by atoms with E-state index in [0.717, 1.165) is 0 Å². The second-order valence-electron chi connectivity index (χ2n) is 6.68. The Labute approximate surface area is 162 Å². The molecule has 5 aromatic carbocycles. The Morgan fingerprint density at radius 2 is 1.15 bits per heavy atom. The van der Waals surface area contributed by atoms with E-state index in [2.05, 4.69) is 94.8 Å². The van der Waals surface area contributed by atoms with Gasteiger partial charge in [0.1, 0.15) is 0 Å². The fourth-order valence-electron chi connectivity index (χ4n) is 4.19. The van der Waals surface area contributed by atoms with Crippen LogP contribution in [0.4, 0.5) is 0 Å². The summed E-state index contributed by atoms with van der Waals surface area (Å²) in [5.74, 6) is 0. The Morgan fingerprint density at radius 3 is 1.96 bits per heavy atom. The van der Waals surface area contributed by atoms with E-state index in [-0.39, 0.29) is 0 Å². The Hall–Kier alpha value is -2.42. The molecule has 2 heteroatoms. The van der Waals surface area contributed by atoms with Gasteiger partial charge in [0.25, 0.3) is 0 Å². The summed E-state index contributed by atoms with van der Waals surface area (Å²) in [6.07, 6.45) is 0. The van der Waals surface area contributed by atoms with Gasteiger partial charge in [-0.3, -0.25) is 0 Å². The minimum absolute atomic E-state index is 1.17. The van der Waals surface area contributed by atoms with Crippen molar-refractivity contribution < 1.29 is 0 Å². The molecule has 0 saturated heterocycles. The molecule has 0 atom stereocenters. The van der Waals surface area contributed by atoms with Crippen LogP contribution in [-0.2, 0) is 0 Å². The molecule has 0 unspecified atom stereocenters. The van der Waals surface area contributed by atoms with Crippen molar-refractivity contribution in [3.63, 3.8) is 0 Å². The summed E-state index contributed by atoms with van der Waals surface area (Å²) in [6, 6.07) is 28.6. The van der Waals surface area contributed by atoms with Gasteiger partial charge in [-0.15, -0.1) is 11.3 Å². The summed E-state index contributed by atoms with van der Waals surface area (Å²) in [7, 11) is 0. The van der Waals surface area contributed by atoms with E-state index >= 15 is 0 Å². The number of fused-ring (bicyclic) bond motifs is 10. The molecule has 0 fully saturated rings. The van der Waals surface area contributed by atoms with Gasteiger partial charge in [0.15, 0.2) is 0 Å². The van der Waals surface area contributed by atoms with Gasteiger partial charge >= 0.3 is 0 Å². The van der Waals surface area contributed by atoms with Gasteiger partial charge in [-0.05, 0) is 27.6 Å². The van der Waals surface area contributed by atoms with Crippen molar-refractivity contribution in [3.8, 4) is 0 Å². The lowest BCUT2D eigenvalue weighted by atomic mass is 9.96. The summed E-state index contributed by atoms with van der Waals surface area (Å²) in [5.41, 5.74) is 0. The third-order valence-electron chi connectivity index (χ3n) is 5.31. The van der Waals surface area contributed by atoms with E-state index in [1.165, 1.54) is 57.0 Å². The molecule has 6 rings (SSSR count). The average Bonchev–Trinajstić information content (AvgIpc) is 3.08. The van der Waals surface area contributed by atoms with Crippen LogP contribution in [0, 0.1) is 0 Å². The first-order valence-electron chi connectivity index (χ1n) is 8.66. The maximum Gasteiger partial charge on any atom is 0.0445 e. The van der Waals surface area contributed by atoms with Crippen LogP contribution in [0.25, 0.3) is 52.5 Å². The second kappa shape index (κ2) is 5.29. The monoisotopic (exact) mass is 412 g/mol. The average molecular weight is 413 g/mol. The highest BCUT2D eigenvalue weighted by Gasteiger charge is 2.16. The number of rotatable bonds is 0. The van der Waals surface area contributed by atoms with Crippen molar-refractivity contribution in [2.24, 2.45) is 0 Å². The largest absolute Gasteiger partial charge is 0.134 e. The molecule has 0 aliphatic heterocycles. The molecule has 0 aliphatic rings. The molecule has 1 heterocycles. The van der Waals surface area contributed by atoms with Crippen molar-refractivity contribution in [3.05, 3.63) is 83.3 Å². The smallest absolute Gasteiger partial charge is 0.0445 e.